The fourth-order valence-electron chi connectivity index (χ4n) is 3.47. The van der Waals surface area contributed by atoms with Crippen molar-refractivity contribution in [3.63, 3.8) is 0 Å². The molecule has 0 spiro atoms. The van der Waals surface area contributed by atoms with Crippen molar-refractivity contribution in [2.45, 2.75) is 13.5 Å². The number of hydrogen-bond donors (Lipinski definition) is 1. The molecule has 0 unspecified atom stereocenters. The van der Waals surface area contributed by atoms with Gasteiger partial charge in [-0.2, -0.15) is 4.68 Å². The molecule has 35 heavy (non-hydrogen) atoms. The first-order valence-corrected chi connectivity index (χ1v) is 10.9. The van der Waals surface area contributed by atoms with Gasteiger partial charge < -0.3 is 19.5 Å². The Bertz CT molecular complexity index is 1400. The minimum absolute atomic E-state index is 0.312. The Balaban J connectivity index is 1.49. The number of amides is 1. The Kier molecular flexibility index (Phi) is 7.11. The Hall–Kier alpha value is -4.59. The number of nitrogens with zero attached hydrogens (tertiary/aromatic N) is 2. The zero-order chi connectivity index (χ0) is 24.8. The van der Waals surface area contributed by atoms with Crippen LogP contribution in [-0.4, -0.2) is 29.9 Å². The molecule has 4 aromatic rings. The molecule has 8 heteroatoms. The van der Waals surface area contributed by atoms with Crippen LogP contribution in [0.4, 0.5) is 5.69 Å². The van der Waals surface area contributed by atoms with Gasteiger partial charge in [0.2, 0.25) is 5.88 Å². The average Bonchev–Trinajstić information content (AvgIpc) is 2.88. The fourth-order valence-corrected chi connectivity index (χ4v) is 3.47. The molecule has 0 aliphatic carbocycles. The maximum atomic E-state index is 12.7. The van der Waals surface area contributed by atoms with Crippen LogP contribution in [0.2, 0.25) is 0 Å². The normalized spacial score (nSPS) is 10.5. The van der Waals surface area contributed by atoms with Crippen LogP contribution >= 0.6 is 0 Å². The van der Waals surface area contributed by atoms with Crippen molar-refractivity contribution in [2.75, 3.05) is 19.5 Å². The van der Waals surface area contributed by atoms with E-state index in [0.29, 0.717) is 40.9 Å². The zero-order valence-electron chi connectivity index (χ0n) is 19.6. The number of nitrogens with one attached hydrogen (secondary N) is 1. The predicted octanol–water partition coefficient (Wildman–Crippen LogP) is 4.39. The maximum Gasteiger partial charge on any atom is 0.271 e. The topological polar surface area (TPSA) is 91.7 Å². The van der Waals surface area contributed by atoms with Crippen molar-refractivity contribution >= 4 is 11.6 Å². The largest absolute Gasteiger partial charge is 0.497 e. The lowest BCUT2D eigenvalue weighted by Gasteiger charge is -2.12. The third kappa shape index (κ3) is 5.67. The maximum absolute atomic E-state index is 12.7. The molecule has 0 fully saturated rings. The Morgan fingerprint density at radius 2 is 1.74 bits per heavy atom. The summed E-state index contributed by atoms with van der Waals surface area (Å²) < 4.78 is 17.5. The second-order valence-electron chi connectivity index (χ2n) is 7.77. The van der Waals surface area contributed by atoms with Gasteiger partial charge in [-0.3, -0.25) is 9.59 Å². The van der Waals surface area contributed by atoms with Crippen molar-refractivity contribution in [2.24, 2.45) is 0 Å². The van der Waals surface area contributed by atoms with Crippen LogP contribution in [0.15, 0.2) is 83.7 Å². The molecular formula is C27H25N3O5. The molecule has 0 aliphatic rings. The molecular weight excluding hydrogens is 446 g/mol. The van der Waals surface area contributed by atoms with Crippen molar-refractivity contribution in [3.8, 4) is 23.1 Å². The van der Waals surface area contributed by atoms with Gasteiger partial charge in [-0.25, -0.2) is 0 Å². The molecule has 0 saturated heterocycles. The number of hydrogen-bond acceptors (Lipinski definition) is 6. The van der Waals surface area contributed by atoms with Crippen LogP contribution in [0, 0.1) is 6.92 Å². The summed E-state index contributed by atoms with van der Waals surface area (Å²) in [5.41, 5.74) is 3.26. The van der Waals surface area contributed by atoms with E-state index < -0.39 is 0 Å². The van der Waals surface area contributed by atoms with Crippen LogP contribution in [0.5, 0.6) is 17.4 Å². The summed E-state index contributed by atoms with van der Waals surface area (Å²) >= 11 is 0. The molecule has 0 saturated carbocycles. The highest BCUT2D eigenvalue weighted by Gasteiger charge is 2.12. The van der Waals surface area contributed by atoms with Crippen LogP contribution in [0.25, 0.3) is 5.69 Å². The second-order valence-corrected chi connectivity index (χ2v) is 7.77. The number of carbonyl (C=O) groups is 1. The van der Waals surface area contributed by atoms with Crippen molar-refractivity contribution in [1.82, 2.24) is 9.78 Å². The number of methoxy groups -OCH3 is 2. The number of ether oxygens (including phenoxy) is 3. The Labute approximate surface area is 202 Å². The van der Waals surface area contributed by atoms with Gasteiger partial charge in [0.25, 0.3) is 11.5 Å². The van der Waals surface area contributed by atoms with Gasteiger partial charge in [-0.05, 0) is 48.9 Å². The number of benzene rings is 3. The summed E-state index contributed by atoms with van der Waals surface area (Å²) in [7, 11) is 3.07. The molecule has 0 aliphatic heterocycles. The highest BCUT2D eigenvalue weighted by atomic mass is 16.5. The third-order valence-corrected chi connectivity index (χ3v) is 5.28. The lowest BCUT2D eigenvalue weighted by atomic mass is 10.1. The van der Waals surface area contributed by atoms with E-state index in [1.165, 1.54) is 17.9 Å². The first-order chi connectivity index (χ1) is 17.0. The quantitative estimate of drug-likeness (QED) is 0.410. The number of aryl methyl sites for hydroxylation is 1. The molecule has 0 radical (unpaired) electrons. The highest BCUT2D eigenvalue weighted by Crippen LogP contribution is 2.29. The van der Waals surface area contributed by atoms with E-state index in [9.17, 15) is 9.59 Å². The molecule has 8 nitrogen and oxygen atoms in total. The summed E-state index contributed by atoms with van der Waals surface area (Å²) in [6.45, 7) is 2.35. The van der Waals surface area contributed by atoms with Crippen LogP contribution in [0.1, 0.15) is 21.5 Å². The van der Waals surface area contributed by atoms with E-state index in [-0.39, 0.29) is 11.5 Å². The van der Waals surface area contributed by atoms with Crippen LogP contribution in [0.3, 0.4) is 0 Å². The summed E-state index contributed by atoms with van der Waals surface area (Å²) in [4.78, 5) is 25.2. The van der Waals surface area contributed by atoms with Gasteiger partial charge in [0, 0.05) is 23.8 Å². The van der Waals surface area contributed by atoms with E-state index in [1.807, 2.05) is 31.2 Å². The minimum Gasteiger partial charge on any atom is -0.497 e. The molecule has 1 heterocycles. The summed E-state index contributed by atoms with van der Waals surface area (Å²) in [6.07, 6.45) is 0. The van der Waals surface area contributed by atoms with E-state index >= 15 is 0 Å². The van der Waals surface area contributed by atoms with Gasteiger partial charge >= 0.3 is 0 Å². The number of carbonyl (C=O) groups excluding carboxylic acids is 1. The van der Waals surface area contributed by atoms with Gasteiger partial charge in [0.15, 0.2) is 0 Å². The van der Waals surface area contributed by atoms with Gasteiger partial charge in [0.1, 0.15) is 18.1 Å². The van der Waals surface area contributed by atoms with E-state index in [0.717, 1.165) is 11.1 Å². The van der Waals surface area contributed by atoms with Gasteiger partial charge in [-0.1, -0.05) is 29.8 Å². The Morgan fingerprint density at radius 3 is 2.46 bits per heavy atom. The number of rotatable bonds is 8. The number of anilines is 1. The van der Waals surface area contributed by atoms with Crippen LogP contribution in [-0.2, 0) is 6.61 Å². The van der Waals surface area contributed by atoms with Crippen molar-refractivity contribution in [1.29, 1.82) is 0 Å². The zero-order valence-corrected chi connectivity index (χ0v) is 19.6. The standard InChI is InChI=1S/C27H25N3O5/c1-18-5-4-6-19(15-18)17-35-25-13-14-26(31)30(29-25)21-9-7-20(8-10-21)27(32)28-23-12-11-22(33-2)16-24(23)34-3/h4-16H,17H2,1-3H3,(H,28,32). The summed E-state index contributed by atoms with van der Waals surface area (Å²) in [5.74, 6) is 1.09. The summed E-state index contributed by atoms with van der Waals surface area (Å²) in [6, 6.07) is 22.6. The monoisotopic (exact) mass is 471 g/mol. The van der Waals surface area contributed by atoms with Crippen molar-refractivity contribution in [3.05, 3.63) is 106 Å². The molecule has 1 N–H and O–H groups in total. The average molecular weight is 472 g/mol. The lowest BCUT2D eigenvalue weighted by Crippen LogP contribution is -2.21. The van der Waals surface area contributed by atoms with E-state index in [4.69, 9.17) is 14.2 Å². The fraction of sp³-hybridized carbons (Fsp3) is 0.148. The molecule has 178 valence electrons. The van der Waals surface area contributed by atoms with E-state index in [2.05, 4.69) is 10.4 Å². The molecule has 0 bridgehead atoms. The minimum atomic E-state index is -0.324. The number of aromatic nitrogens is 2. The van der Waals surface area contributed by atoms with E-state index in [1.54, 1.807) is 55.6 Å². The Morgan fingerprint density at radius 1 is 0.943 bits per heavy atom. The van der Waals surface area contributed by atoms with Crippen LogP contribution < -0.4 is 25.1 Å². The first-order valence-electron chi connectivity index (χ1n) is 10.9. The summed E-state index contributed by atoms with van der Waals surface area (Å²) in [5, 5.41) is 7.14. The highest BCUT2D eigenvalue weighted by molar-refractivity contribution is 6.05. The van der Waals surface area contributed by atoms with Crippen molar-refractivity contribution < 1.29 is 19.0 Å². The lowest BCUT2D eigenvalue weighted by molar-refractivity contribution is 0.102. The molecule has 3 aromatic carbocycles. The SMILES string of the molecule is COc1ccc(NC(=O)c2ccc(-n3nc(OCc4cccc(C)c4)ccc3=O)cc2)c(OC)c1. The van der Waals surface area contributed by atoms with Gasteiger partial charge in [0.05, 0.1) is 25.6 Å². The molecule has 4 rings (SSSR count). The predicted molar refractivity (Wildman–Crippen MR) is 133 cm³/mol. The third-order valence-electron chi connectivity index (χ3n) is 5.28. The molecule has 1 amide bonds. The first kappa shape index (κ1) is 23.6. The molecule has 1 aromatic heterocycles. The second kappa shape index (κ2) is 10.6. The molecule has 0 atom stereocenters. The smallest absolute Gasteiger partial charge is 0.271 e. The van der Waals surface area contributed by atoms with Gasteiger partial charge in [-0.15, -0.1) is 5.10 Å².